The Labute approximate surface area is 133 Å². The van der Waals surface area contributed by atoms with E-state index in [0.29, 0.717) is 23.8 Å². The first kappa shape index (κ1) is 15.7. The smallest absolute Gasteiger partial charge is 0.303 e. The number of halogens is 1. The highest BCUT2D eigenvalue weighted by Crippen LogP contribution is 2.29. The van der Waals surface area contributed by atoms with Gasteiger partial charge in [-0.1, -0.05) is 12.1 Å². The van der Waals surface area contributed by atoms with Gasteiger partial charge in [0.05, 0.1) is 11.9 Å². The number of rotatable bonds is 6. The number of nitrogens with one attached hydrogen (secondary N) is 2. The minimum absolute atomic E-state index is 0.240. The zero-order valence-electron chi connectivity index (χ0n) is 12.8. The molecule has 122 valence electrons. The van der Waals surface area contributed by atoms with Gasteiger partial charge in [0.15, 0.2) is 0 Å². The maximum atomic E-state index is 13.9. The molecule has 3 N–H and O–H groups in total. The van der Waals surface area contributed by atoms with Crippen molar-refractivity contribution in [1.29, 1.82) is 0 Å². The molecule has 0 aliphatic heterocycles. The van der Waals surface area contributed by atoms with Gasteiger partial charge in [0, 0.05) is 30.1 Å². The molecule has 5 nitrogen and oxygen atoms in total. The van der Waals surface area contributed by atoms with Crippen LogP contribution in [0.4, 0.5) is 4.39 Å². The minimum atomic E-state index is -0.729. The Morgan fingerprint density at radius 2 is 2.22 bits per heavy atom. The highest BCUT2D eigenvalue weighted by molar-refractivity contribution is 5.67. The van der Waals surface area contributed by atoms with Gasteiger partial charge in [-0.2, -0.15) is 5.10 Å². The van der Waals surface area contributed by atoms with Gasteiger partial charge in [-0.15, -0.1) is 0 Å². The van der Waals surface area contributed by atoms with Crippen LogP contribution in [-0.2, 0) is 11.3 Å². The molecule has 1 saturated carbocycles. The number of hydrogen-bond donors (Lipinski definition) is 3. The van der Waals surface area contributed by atoms with Gasteiger partial charge in [-0.3, -0.25) is 9.89 Å². The Bertz CT molecular complexity index is 686. The number of carboxylic acids is 1. The second-order valence-corrected chi connectivity index (χ2v) is 6.10. The summed E-state index contributed by atoms with van der Waals surface area (Å²) in [5.74, 6) is -0.756. The summed E-state index contributed by atoms with van der Waals surface area (Å²) in [4.78, 5) is 10.8. The maximum Gasteiger partial charge on any atom is 0.303 e. The lowest BCUT2D eigenvalue weighted by Gasteiger charge is -2.13. The van der Waals surface area contributed by atoms with Crippen LogP contribution >= 0.6 is 0 Å². The predicted molar refractivity (Wildman–Crippen MR) is 84.2 cm³/mol. The van der Waals surface area contributed by atoms with E-state index in [1.54, 1.807) is 24.4 Å². The highest BCUT2D eigenvalue weighted by atomic mass is 19.1. The number of hydrogen-bond acceptors (Lipinski definition) is 3. The van der Waals surface area contributed by atoms with Crippen LogP contribution in [0.15, 0.2) is 30.5 Å². The third-order valence-electron chi connectivity index (χ3n) is 4.45. The summed E-state index contributed by atoms with van der Waals surface area (Å²) in [7, 11) is 0. The first-order valence-electron chi connectivity index (χ1n) is 7.86. The number of nitrogens with zero attached hydrogens (tertiary/aromatic N) is 1. The monoisotopic (exact) mass is 317 g/mol. The molecular formula is C17H20FN3O2. The van der Waals surface area contributed by atoms with E-state index in [0.717, 1.165) is 24.8 Å². The molecule has 1 aliphatic carbocycles. The SMILES string of the molecule is O=C(O)C[C@@H]1CC[C@H](NCc2cn[nH]c2-c2ccccc2F)C1. The van der Waals surface area contributed by atoms with Gasteiger partial charge in [0.1, 0.15) is 5.82 Å². The Morgan fingerprint density at radius 3 is 3.00 bits per heavy atom. The molecule has 1 fully saturated rings. The van der Waals surface area contributed by atoms with Crippen molar-refractivity contribution in [3.63, 3.8) is 0 Å². The van der Waals surface area contributed by atoms with E-state index in [-0.39, 0.29) is 18.2 Å². The van der Waals surface area contributed by atoms with Gasteiger partial charge in [0.25, 0.3) is 0 Å². The molecule has 1 aliphatic rings. The first-order valence-corrected chi connectivity index (χ1v) is 7.86. The standard InChI is InChI=1S/C17H20FN3O2/c18-15-4-2-1-3-14(15)17-12(10-20-21-17)9-19-13-6-5-11(7-13)8-16(22)23/h1-4,10-11,13,19H,5-9H2,(H,20,21)(H,22,23)/t11-,13+/m1/s1. The van der Waals surface area contributed by atoms with E-state index in [1.807, 2.05) is 0 Å². The quantitative estimate of drug-likeness (QED) is 0.765. The second-order valence-electron chi connectivity index (χ2n) is 6.10. The van der Waals surface area contributed by atoms with Gasteiger partial charge in [-0.05, 0) is 37.3 Å². The van der Waals surface area contributed by atoms with Crippen LogP contribution in [0.5, 0.6) is 0 Å². The molecule has 0 saturated heterocycles. The van der Waals surface area contributed by atoms with Gasteiger partial charge in [0.2, 0.25) is 0 Å². The summed E-state index contributed by atoms with van der Waals surface area (Å²) in [5.41, 5.74) is 2.12. The van der Waals surface area contributed by atoms with Gasteiger partial charge >= 0.3 is 5.97 Å². The Balaban J connectivity index is 1.61. The summed E-state index contributed by atoms with van der Waals surface area (Å²) in [6, 6.07) is 6.92. The molecule has 6 heteroatoms. The summed E-state index contributed by atoms with van der Waals surface area (Å²) in [5, 5.41) is 19.2. The number of carbonyl (C=O) groups is 1. The molecule has 2 aromatic rings. The molecule has 0 radical (unpaired) electrons. The normalized spacial score (nSPS) is 20.7. The Kier molecular flexibility index (Phi) is 4.71. The van der Waals surface area contributed by atoms with Crippen molar-refractivity contribution in [3.05, 3.63) is 41.8 Å². The van der Waals surface area contributed by atoms with Crippen LogP contribution in [0.1, 0.15) is 31.2 Å². The minimum Gasteiger partial charge on any atom is -0.481 e. The summed E-state index contributed by atoms with van der Waals surface area (Å²) in [6.07, 6.45) is 4.74. The fourth-order valence-corrected chi connectivity index (χ4v) is 3.29. The third kappa shape index (κ3) is 3.76. The van der Waals surface area contributed by atoms with E-state index >= 15 is 0 Å². The average molecular weight is 317 g/mol. The average Bonchev–Trinajstić information content (AvgIpc) is 3.14. The number of aliphatic carboxylic acids is 1. The van der Waals surface area contributed by atoms with Crippen molar-refractivity contribution in [3.8, 4) is 11.3 Å². The molecule has 0 bridgehead atoms. The lowest BCUT2D eigenvalue weighted by molar-refractivity contribution is -0.138. The number of benzene rings is 1. The van der Waals surface area contributed by atoms with Crippen molar-refractivity contribution in [2.75, 3.05) is 0 Å². The zero-order chi connectivity index (χ0) is 16.2. The molecule has 1 aromatic carbocycles. The Hall–Kier alpha value is -2.21. The van der Waals surface area contributed by atoms with Gasteiger partial charge < -0.3 is 10.4 Å². The molecule has 2 atom stereocenters. The molecule has 0 spiro atoms. The van der Waals surface area contributed by atoms with Crippen LogP contribution in [-0.4, -0.2) is 27.3 Å². The largest absolute Gasteiger partial charge is 0.481 e. The zero-order valence-corrected chi connectivity index (χ0v) is 12.8. The second kappa shape index (κ2) is 6.91. The van der Waals surface area contributed by atoms with E-state index in [2.05, 4.69) is 15.5 Å². The molecule has 1 heterocycles. The topological polar surface area (TPSA) is 78.0 Å². The van der Waals surface area contributed by atoms with Crippen LogP contribution in [0.3, 0.4) is 0 Å². The summed E-state index contributed by atoms with van der Waals surface area (Å²) in [6.45, 7) is 0.588. The van der Waals surface area contributed by atoms with Crippen molar-refractivity contribution in [2.24, 2.45) is 5.92 Å². The maximum absolute atomic E-state index is 13.9. The Morgan fingerprint density at radius 1 is 1.39 bits per heavy atom. The lowest BCUT2D eigenvalue weighted by Crippen LogP contribution is -2.26. The number of aromatic nitrogens is 2. The summed E-state index contributed by atoms with van der Waals surface area (Å²) >= 11 is 0. The number of H-pyrrole nitrogens is 1. The lowest BCUT2D eigenvalue weighted by atomic mass is 10.0. The van der Waals surface area contributed by atoms with E-state index < -0.39 is 5.97 Å². The molecule has 3 rings (SSSR count). The fourth-order valence-electron chi connectivity index (χ4n) is 3.29. The van der Waals surface area contributed by atoms with Gasteiger partial charge in [-0.25, -0.2) is 4.39 Å². The van der Waals surface area contributed by atoms with Crippen LogP contribution < -0.4 is 5.32 Å². The van der Waals surface area contributed by atoms with E-state index in [9.17, 15) is 9.18 Å². The number of carboxylic acid groups (broad SMARTS) is 1. The van der Waals surface area contributed by atoms with Crippen molar-refractivity contribution < 1.29 is 14.3 Å². The van der Waals surface area contributed by atoms with E-state index in [4.69, 9.17) is 5.11 Å². The number of aromatic amines is 1. The molecule has 1 aromatic heterocycles. The van der Waals surface area contributed by atoms with Crippen LogP contribution in [0, 0.1) is 11.7 Å². The first-order chi connectivity index (χ1) is 11.1. The van der Waals surface area contributed by atoms with Crippen LogP contribution in [0.25, 0.3) is 11.3 Å². The van der Waals surface area contributed by atoms with Crippen LogP contribution in [0.2, 0.25) is 0 Å². The summed E-state index contributed by atoms with van der Waals surface area (Å²) < 4.78 is 13.9. The molecule has 23 heavy (non-hydrogen) atoms. The highest BCUT2D eigenvalue weighted by Gasteiger charge is 2.26. The van der Waals surface area contributed by atoms with Crippen molar-refractivity contribution >= 4 is 5.97 Å². The molecule has 0 unspecified atom stereocenters. The van der Waals surface area contributed by atoms with Crippen molar-refractivity contribution in [2.45, 2.75) is 38.3 Å². The van der Waals surface area contributed by atoms with E-state index in [1.165, 1.54) is 6.07 Å². The third-order valence-corrected chi connectivity index (χ3v) is 4.45. The molecular weight excluding hydrogens is 297 g/mol. The molecule has 0 amide bonds. The predicted octanol–water partition coefficient (Wildman–Crippen LogP) is 2.95. The fraction of sp³-hybridized carbons (Fsp3) is 0.412. The van der Waals surface area contributed by atoms with Crippen molar-refractivity contribution in [1.82, 2.24) is 15.5 Å².